The van der Waals surface area contributed by atoms with Gasteiger partial charge in [-0.25, -0.2) is 0 Å². The molecule has 1 saturated carbocycles. The molecular weight excluding hydrogens is 392 g/mol. The van der Waals surface area contributed by atoms with Crippen molar-refractivity contribution in [2.75, 3.05) is 45.3 Å². The van der Waals surface area contributed by atoms with Gasteiger partial charge in [-0.3, -0.25) is 14.5 Å². The number of benzene rings is 2. The van der Waals surface area contributed by atoms with E-state index < -0.39 is 5.92 Å². The zero-order valence-corrected chi connectivity index (χ0v) is 18.3. The summed E-state index contributed by atoms with van der Waals surface area (Å²) >= 11 is 0. The highest BCUT2D eigenvalue weighted by Gasteiger charge is 2.39. The van der Waals surface area contributed by atoms with Gasteiger partial charge in [0.05, 0.1) is 26.2 Å². The summed E-state index contributed by atoms with van der Waals surface area (Å²) in [5, 5.41) is 0. The van der Waals surface area contributed by atoms with Crippen LogP contribution >= 0.6 is 0 Å². The van der Waals surface area contributed by atoms with Crippen molar-refractivity contribution < 1.29 is 19.1 Å². The monoisotopic (exact) mass is 422 g/mol. The maximum Gasteiger partial charge on any atom is 0.173 e. The normalized spacial score (nSPS) is 22.3. The summed E-state index contributed by atoms with van der Waals surface area (Å²) in [4.78, 5) is 30.9. The summed E-state index contributed by atoms with van der Waals surface area (Å²) < 4.78 is 10.4. The highest BCUT2D eigenvalue weighted by atomic mass is 16.5. The molecule has 0 aromatic heterocycles. The molecule has 6 heteroatoms. The number of ketones is 2. The Morgan fingerprint density at radius 3 is 2.00 bits per heavy atom. The third-order valence-electron chi connectivity index (χ3n) is 6.53. The molecule has 0 N–H and O–H groups in total. The summed E-state index contributed by atoms with van der Waals surface area (Å²) in [6.45, 7) is 3.39. The molecule has 164 valence electrons. The van der Waals surface area contributed by atoms with Gasteiger partial charge in [-0.15, -0.1) is 0 Å². The van der Waals surface area contributed by atoms with E-state index in [9.17, 15) is 9.59 Å². The van der Waals surface area contributed by atoms with Crippen LogP contribution in [-0.2, 0) is 4.79 Å². The number of rotatable bonds is 6. The summed E-state index contributed by atoms with van der Waals surface area (Å²) in [7, 11) is 3.27. The Morgan fingerprint density at radius 1 is 0.839 bits per heavy atom. The van der Waals surface area contributed by atoms with E-state index in [4.69, 9.17) is 9.47 Å². The Kier molecular flexibility index (Phi) is 6.56. The van der Waals surface area contributed by atoms with Crippen molar-refractivity contribution in [3.63, 3.8) is 0 Å². The van der Waals surface area contributed by atoms with Crippen LogP contribution in [0.15, 0.2) is 48.5 Å². The number of Topliss-reactive ketones (excluding diaryl/α,β-unsaturated/α-hetero) is 2. The molecule has 2 unspecified atom stereocenters. The van der Waals surface area contributed by atoms with Crippen LogP contribution in [0.2, 0.25) is 0 Å². The molecule has 1 aliphatic heterocycles. The van der Waals surface area contributed by atoms with Gasteiger partial charge in [0, 0.05) is 37.4 Å². The molecule has 0 amide bonds. The number of hydrogen-bond acceptors (Lipinski definition) is 6. The van der Waals surface area contributed by atoms with Crippen molar-refractivity contribution >= 4 is 17.3 Å². The van der Waals surface area contributed by atoms with Crippen LogP contribution in [0.4, 0.5) is 5.69 Å². The minimum Gasteiger partial charge on any atom is -0.497 e. The molecule has 0 radical (unpaired) electrons. The highest BCUT2D eigenvalue weighted by molar-refractivity contribution is 6.12. The SMILES string of the molecule is COc1ccc(C(=O)C2CCCC(N3CCN(c4ccc(OC)cc4)CC3)C2=O)cc1. The lowest BCUT2D eigenvalue weighted by molar-refractivity contribution is -0.129. The predicted octanol–water partition coefficient (Wildman–Crippen LogP) is 3.45. The quantitative estimate of drug-likeness (QED) is 0.525. The highest BCUT2D eigenvalue weighted by Crippen LogP contribution is 2.29. The Balaban J connectivity index is 1.38. The molecular formula is C25H30N2O4. The second-order valence-electron chi connectivity index (χ2n) is 8.22. The van der Waals surface area contributed by atoms with Crippen molar-refractivity contribution in [3.05, 3.63) is 54.1 Å². The van der Waals surface area contributed by atoms with Gasteiger partial charge in [-0.2, -0.15) is 0 Å². The number of carbonyl (C=O) groups is 2. The van der Waals surface area contributed by atoms with Gasteiger partial charge >= 0.3 is 0 Å². The van der Waals surface area contributed by atoms with Crippen LogP contribution in [0.5, 0.6) is 11.5 Å². The van der Waals surface area contributed by atoms with Crippen LogP contribution in [0.3, 0.4) is 0 Å². The molecule has 1 saturated heterocycles. The van der Waals surface area contributed by atoms with Crippen molar-refractivity contribution in [3.8, 4) is 11.5 Å². The van der Waals surface area contributed by atoms with E-state index >= 15 is 0 Å². The number of nitrogens with zero attached hydrogens (tertiary/aromatic N) is 2. The van der Waals surface area contributed by atoms with E-state index in [0.29, 0.717) is 17.7 Å². The number of methoxy groups -OCH3 is 2. The number of hydrogen-bond donors (Lipinski definition) is 0. The zero-order chi connectivity index (χ0) is 21.8. The molecule has 0 bridgehead atoms. The van der Waals surface area contributed by atoms with Gasteiger partial charge in [-0.05, 0) is 61.4 Å². The molecule has 2 atom stereocenters. The average Bonchev–Trinajstić information content (AvgIpc) is 2.84. The van der Waals surface area contributed by atoms with Crippen LogP contribution < -0.4 is 14.4 Å². The maximum absolute atomic E-state index is 13.3. The van der Waals surface area contributed by atoms with E-state index in [1.165, 1.54) is 5.69 Å². The van der Waals surface area contributed by atoms with Crippen LogP contribution in [0.1, 0.15) is 29.6 Å². The molecule has 2 fully saturated rings. The Morgan fingerprint density at radius 2 is 1.42 bits per heavy atom. The van der Waals surface area contributed by atoms with Crippen LogP contribution in [0.25, 0.3) is 0 Å². The van der Waals surface area contributed by atoms with E-state index in [2.05, 4.69) is 21.9 Å². The maximum atomic E-state index is 13.3. The molecule has 0 spiro atoms. The number of ether oxygens (including phenoxy) is 2. The summed E-state index contributed by atoms with van der Waals surface area (Å²) in [6.07, 6.45) is 2.39. The van der Waals surface area contributed by atoms with Crippen molar-refractivity contribution in [2.45, 2.75) is 25.3 Å². The van der Waals surface area contributed by atoms with Crippen LogP contribution in [0, 0.1) is 5.92 Å². The second-order valence-corrected chi connectivity index (χ2v) is 8.22. The molecule has 4 rings (SSSR count). The number of piperazine rings is 1. The van der Waals surface area contributed by atoms with Gasteiger partial charge in [-0.1, -0.05) is 6.42 Å². The molecule has 1 aliphatic carbocycles. The standard InChI is InChI=1S/C25H30N2O4/c1-30-20-10-6-18(7-11-20)24(28)22-4-3-5-23(25(22)29)27-16-14-26(15-17-27)19-8-12-21(31-2)13-9-19/h6-13,22-23H,3-5,14-17H2,1-2H3. The first-order valence-corrected chi connectivity index (χ1v) is 11.0. The van der Waals surface area contributed by atoms with E-state index in [1.807, 2.05) is 12.1 Å². The molecule has 2 aromatic rings. The summed E-state index contributed by atoms with van der Waals surface area (Å²) in [5.74, 6) is 1.05. The molecule has 31 heavy (non-hydrogen) atoms. The largest absolute Gasteiger partial charge is 0.497 e. The minimum absolute atomic E-state index is 0.0609. The third-order valence-corrected chi connectivity index (χ3v) is 6.53. The van der Waals surface area contributed by atoms with Gasteiger partial charge in [0.2, 0.25) is 0 Å². The van der Waals surface area contributed by atoms with Crippen molar-refractivity contribution in [2.24, 2.45) is 5.92 Å². The lowest BCUT2D eigenvalue weighted by Gasteiger charge is -2.42. The first kappa shape index (κ1) is 21.4. The Hall–Kier alpha value is -2.86. The Bertz CT molecular complexity index is 902. The molecule has 1 heterocycles. The molecule has 6 nitrogen and oxygen atoms in total. The minimum atomic E-state index is -0.535. The fourth-order valence-electron chi connectivity index (χ4n) is 4.70. The lowest BCUT2D eigenvalue weighted by Crippen LogP contribution is -2.55. The summed E-state index contributed by atoms with van der Waals surface area (Å²) in [5.41, 5.74) is 1.76. The first-order chi connectivity index (χ1) is 15.1. The molecule has 2 aromatic carbocycles. The number of carbonyl (C=O) groups excluding carboxylic acids is 2. The van der Waals surface area contributed by atoms with Crippen molar-refractivity contribution in [1.29, 1.82) is 0 Å². The fraction of sp³-hybridized carbons (Fsp3) is 0.440. The van der Waals surface area contributed by atoms with E-state index in [-0.39, 0.29) is 17.6 Å². The molecule has 2 aliphatic rings. The lowest BCUT2D eigenvalue weighted by atomic mass is 9.79. The number of anilines is 1. The second kappa shape index (κ2) is 9.52. The van der Waals surface area contributed by atoms with Gasteiger partial charge < -0.3 is 14.4 Å². The van der Waals surface area contributed by atoms with E-state index in [1.54, 1.807) is 38.5 Å². The zero-order valence-electron chi connectivity index (χ0n) is 18.3. The Labute approximate surface area is 183 Å². The van der Waals surface area contributed by atoms with Gasteiger partial charge in [0.15, 0.2) is 11.6 Å². The first-order valence-electron chi connectivity index (χ1n) is 11.0. The van der Waals surface area contributed by atoms with Crippen molar-refractivity contribution in [1.82, 2.24) is 4.90 Å². The summed E-state index contributed by atoms with van der Waals surface area (Å²) in [6, 6.07) is 15.0. The topological polar surface area (TPSA) is 59.1 Å². The smallest absolute Gasteiger partial charge is 0.173 e. The third kappa shape index (κ3) is 4.59. The van der Waals surface area contributed by atoms with Gasteiger partial charge in [0.1, 0.15) is 11.5 Å². The predicted molar refractivity (Wildman–Crippen MR) is 120 cm³/mol. The van der Waals surface area contributed by atoms with Gasteiger partial charge in [0.25, 0.3) is 0 Å². The van der Waals surface area contributed by atoms with Crippen LogP contribution in [-0.4, -0.2) is 62.9 Å². The average molecular weight is 423 g/mol. The fourth-order valence-corrected chi connectivity index (χ4v) is 4.70. The van der Waals surface area contributed by atoms with E-state index in [0.717, 1.165) is 44.8 Å².